The number of hydrogen-bond acceptors (Lipinski definition) is 5. The summed E-state index contributed by atoms with van der Waals surface area (Å²) < 4.78 is 1.47. The van der Waals surface area contributed by atoms with Crippen LogP contribution in [0.5, 0.6) is 0 Å². The van der Waals surface area contributed by atoms with Crippen molar-refractivity contribution in [2.45, 2.75) is 13.0 Å². The van der Waals surface area contributed by atoms with E-state index >= 15 is 0 Å². The average molecular weight is 279 g/mol. The fourth-order valence-electron chi connectivity index (χ4n) is 1.32. The summed E-state index contributed by atoms with van der Waals surface area (Å²) in [6.07, 6.45) is 4.55. The lowest BCUT2D eigenvalue weighted by Crippen LogP contribution is -2.38. The molecule has 19 heavy (non-hydrogen) atoms. The lowest BCUT2D eigenvalue weighted by atomic mass is 10.3. The first-order valence-corrected chi connectivity index (χ1v) is 6.31. The Morgan fingerprint density at radius 1 is 1.47 bits per heavy atom. The minimum atomic E-state index is -0.889. The van der Waals surface area contributed by atoms with Gasteiger partial charge in [0.25, 0.3) is 5.91 Å². The molecule has 2 aromatic heterocycles. The molecular formula is C11H11N4O3S+. The van der Waals surface area contributed by atoms with Crippen molar-refractivity contribution in [2.24, 2.45) is 0 Å². The van der Waals surface area contributed by atoms with Crippen molar-refractivity contribution in [2.75, 3.05) is 5.32 Å². The first-order valence-electron chi connectivity index (χ1n) is 5.43. The molecule has 2 heterocycles. The molecule has 0 aromatic carbocycles. The molecule has 0 bridgehead atoms. The number of carbonyl (C=O) groups is 2. The van der Waals surface area contributed by atoms with Crippen molar-refractivity contribution in [3.63, 3.8) is 0 Å². The van der Waals surface area contributed by atoms with Gasteiger partial charge in [-0.15, -0.1) is 11.3 Å². The van der Waals surface area contributed by atoms with Crippen LogP contribution in [0.4, 0.5) is 5.13 Å². The lowest BCUT2D eigenvalue weighted by molar-refractivity contribution is -0.753. The Bertz CT molecular complexity index is 568. The number of thiazole rings is 1. The zero-order valence-electron chi connectivity index (χ0n) is 9.81. The predicted octanol–water partition coefficient (Wildman–Crippen LogP) is 0.553. The van der Waals surface area contributed by atoms with E-state index in [1.165, 1.54) is 22.2 Å². The lowest BCUT2D eigenvalue weighted by Gasteiger charge is -1.99. The maximum absolute atomic E-state index is 11.8. The van der Waals surface area contributed by atoms with Crippen LogP contribution in [0.15, 0.2) is 30.0 Å². The highest BCUT2D eigenvalue weighted by molar-refractivity contribution is 7.13. The molecule has 0 atom stereocenters. The maximum Gasteiger partial charge on any atom is 0.309 e. The molecule has 0 radical (unpaired) electrons. The number of anilines is 1. The third kappa shape index (κ3) is 3.81. The number of aromatic nitrogens is 3. The Balaban J connectivity index is 1.97. The van der Waals surface area contributed by atoms with Gasteiger partial charge in [0.05, 0.1) is 5.56 Å². The zero-order valence-corrected chi connectivity index (χ0v) is 10.6. The van der Waals surface area contributed by atoms with Crippen molar-refractivity contribution in [1.82, 2.24) is 10.1 Å². The molecule has 98 valence electrons. The number of carboxylic acids is 1. The molecule has 2 rings (SSSR count). The van der Waals surface area contributed by atoms with Crippen LogP contribution in [0.1, 0.15) is 16.8 Å². The van der Waals surface area contributed by atoms with Gasteiger partial charge in [0.1, 0.15) is 12.6 Å². The summed E-state index contributed by atoms with van der Waals surface area (Å²) in [5, 5.41) is 17.4. The van der Waals surface area contributed by atoms with E-state index in [4.69, 9.17) is 5.11 Å². The summed E-state index contributed by atoms with van der Waals surface area (Å²) in [5.41, 5.74) is 0.391. The second kappa shape index (κ2) is 6.01. The highest BCUT2D eigenvalue weighted by Gasteiger charge is 2.11. The Morgan fingerprint density at radius 2 is 2.32 bits per heavy atom. The van der Waals surface area contributed by atoms with E-state index in [9.17, 15) is 9.59 Å². The number of nitrogens with one attached hydrogen (secondary N) is 1. The van der Waals surface area contributed by atoms with E-state index in [1.54, 1.807) is 23.8 Å². The molecule has 8 heteroatoms. The Morgan fingerprint density at radius 3 is 2.89 bits per heavy atom. The molecular weight excluding hydrogens is 268 g/mol. The zero-order chi connectivity index (χ0) is 13.7. The molecule has 0 saturated carbocycles. The highest BCUT2D eigenvalue weighted by Crippen LogP contribution is 2.11. The van der Waals surface area contributed by atoms with Crippen molar-refractivity contribution < 1.29 is 19.4 Å². The second-order valence-electron chi connectivity index (χ2n) is 3.61. The Kier molecular flexibility index (Phi) is 4.14. The van der Waals surface area contributed by atoms with E-state index in [2.05, 4.69) is 15.4 Å². The van der Waals surface area contributed by atoms with Gasteiger partial charge in [-0.05, 0) is 5.10 Å². The van der Waals surface area contributed by atoms with E-state index in [0.717, 1.165) is 0 Å². The standard InChI is InChI=1S/C11H10N4O3S/c16-9(17)2-5-15-4-1-8(7-13-15)10(18)14-11-12-3-6-19-11/h1,3-4,6-7H,2,5H2,(H-,12,14,16,17,18)/p+1. The SMILES string of the molecule is O=C(O)CC[n+]1ccc(C(=O)Nc2nccs2)cn1. The normalized spacial score (nSPS) is 10.1. The number of amides is 1. The maximum atomic E-state index is 11.8. The van der Waals surface area contributed by atoms with Crippen molar-refractivity contribution in [1.29, 1.82) is 0 Å². The largest absolute Gasteiger partial charge is 0.481 e. The fraction of sp³-hybridized carbons (Fsp3) is 0.182. The van der Waals surface area contributed by atoms with Gasteiger partial charge >= 0.3 is 5.97 Å². The van der Waals surface area contributed by atoms with Gasteiger partial charge in [0, 0.05) is 17.6 Å². The second-order valence-corrected chi connectivity index (χ2v) is 4.51. The molecule has 0 aliphatic heterocycles. The summed E-state index contributed by atoms with van der Waals surface area (Å²) in [6, 6.07) is 1.58. The third-order valence-corrected chi connectivity index (χ3v) is 2.93. The van der Waals surface area contributed by atoms with Gasteiger partial charge in [0.2, 0.25) is 0 Å². The minimum absolute atomic E-state index is 0.0116. The van der Waals surface area contributed by atoms with Crippen LogP contribution in [0.3, 0.4) is 0 Å². The molecule has 0 aliphatic carbocycles. The molecule has 0 spiro atoms. The summed E-state index contributed by atoms with van der Waals surface area (Å²) >= 11 is 1.33. The quantitative estimate of drug-likeness (QED) is 0.779. The molecule has 2 aromatic rings. The van der Waals surface area contributed by atoms with Crippen molar-refractivity contribution >= 4 is 28.3 Å². The van der Waals surface area contributed by atoms with E-state index in [-0.39, 0.29) is 18.9 Å². The van der Waals surface area contributed by atoms with E-state index in [0.29, 0.717) is 10.7 Å². The number of hydrogen-bond donors (Lipinski definition) is 2. The molecule has 2 N–H and O–H groups in total. The third-order valence-electron chi connectivity index (χ3n) is 2.24. The van der Waals surface area contributed by atoms with Crippen LogP contribution in [-0.2, 0) is 11.3 Å². The summed E-state index contributed by atoms with van der Waals surface area (Å²) in [4.78, 5) is 26.2. The van der Waals surface area contributed by atoms with Crippen LogP contribution in [0, 0.1) is 0 Å². The van der Waals surface area contributed by atoms with Crippen LogP contribution < -0.4 is 10.00 Å². The summed E-state index contributed by atoms with van der Waals surface area (Å²) in [6.45, 7) is 0.268. The smallest absolute Gasteiger partial charge is 0.309 e. The number of carbonyl (C=O) groups excluding carboxylic acids is 1. The summed E-state index contributed by atoms with van der Waals surface area (Å²) in [7, 11) is 0. The molecule has 1 amide bonds. The van der Waals surface area contributed by atoms with Gasteiger partial charge < -0.3 is 5.11 Å². The van der Waals surface area contributed by atoms with E-state index < -0.39 is 5.97 Å². The molecule has 0 unspecified atom stereocenters. The number of aryl methyl sites for hydroxylation is 1. The Hall–Kier alpha value is -2.35. The monoisotopic (exact) mass is 279 g/mol. The molecule has 0 aliphatic rings. The number of carboxylic acid groups (broad SMARTS) is 1. The van der Waals surface area contributed by atoms with Crippen molar-refractivity contribution in [3.8, 4) is 0 Å². The first kappa shape index (κ1) is 13.1. The van der Waals surface area contributed by atoms with Gasteiger partial charge in [-0.2, -0.15) is 0 Å². The fourth-order valence-corrected chi connectivity index (χ4v) is 1.84. The number of rotatable bonds is 5. The van der Waals surface area contributed by atoms with Gasteiger partial charge in [-0.25, -0.2) is 4.98 Å². The van der Waals surface area contributed by atoms with Gasteiger partial charge in [0.15, 0.2) is 17.9 Å². The number of aliphatic carboxylic acids is 1. The molecule has 0 saturated heterocycles. The van der Waals surface area contributed by atoms with Gasteiger partial charge in [-0.1, -0.05) is 4.68 Å². The summed E-state index contributed by atoms with van der Waals surface area (Å²) in [5.74, 6) is -1.19. The average Bonchev–Trinajstić information content (AvgIpc) is 2.89. The highest BCUT2D eigenvalue weighted by atomic mass is 32.1. The van der Waals surface area contributed by atoms with Crippen LogP contribution in [0.25, 0.3) is 0 Å². The minimum Gasteiger partial charge on any atom is -0.481 e. The predicted molar refractivity (Wildman–Crippen MR) is 66.8 cm³/mol. The van der Waals surface area contributed by atoms with Crippen molar-refractivity contribution in [3.05, 3.63) is 35.6 Å². The van der Waals surface area contributed by atoms with Crippen LogP contribution in [0.2, 0.25) is 0 Å². The van der Waals surface area contributed by atoms with E-state index in [1.807, 2.05) is 0 Å². The molecule has 7 nitrogen and oxygen atoms in total. The van der Waals surface area contributed by atoms with Crippen LogP contribution in [-0.4, -0.2) is 27.1 Å². The van der Waals surface area contributed by atoms with Crippen LogP contribution >= 0.6 is 11.3 Å². The molecule has 0 fully saturated rings. The van der Waals surface area contributed by atoms with Gasteiger partial charge in [-0.3, -0.25) is 14.9 Å². The first-order chi connectivity index (χ1) is 9.15. The Labute approximate surface area is 112 Å². The topological polar surface area (TPSA) is 96.1 Å². The number of nitrogens with zero attached hydrogens (tertiary/aromatic N) is 3.